The van der Waals surface area contributed by atoms with Crippen LogP contribution in [0.5, 0.6) is 0 Å². The Balaban J connectivity index is 1.55. The summed E-state index contributed by atoms with van der Waals surface area (Å²) in [5.74, 6) is 0.685. The maximum absolute atomic E-state index is 10.9. The van der Waals surface area contributed by atoms with E-state index in [-0.39, 0.29) is 0 Å². The summed E-state index contributed by atoms with van der Waals surface area (Å²) in [5.41, 5.74) is 3.79. The molecule has 5 atom stereocenters. The van der Waals surface area contributed by atoms with Gasteiger partial charge in [-0.1, -0.05) is 48.0 Å². The van der Waals surface area contributed by atoms with Gasteiger partial charge in [0.2, 0.25) is 6.54 Å². The average molecular weight is 434 g/mol. The van der Waals surface area contributed by atoms with E-state index in [0.29, 0.717) is 22.9 Å². The van der Waals surface area contributed by atoms with Crippen LogP contribution in [-0.4, -0.2) is 51.2 Å². The highest BCUT2D eigenvalue weighted by Gasteiger charge is 2.46. The SMILES string of the molecule is O=[N+]([O-])C[C@H]1O[C@@H](c2ccc(Cl)c(Cc3ccc(C4CC4)cc3)c2)[C@H](O)C(O)[C@@H]1O. The third-order valence-electron chi connectivity index (χ3n) is 5.86. The van der Waals surface area contributed by atoms with Crippen molar-refractivity contribution in [2.75, 3.05) is 6.54 Å². The molecule has 8 heteroatoms. The summed E-state index contributed by atoms with van der Waals surface area (Å²) in [6, 6.07) is 13.5. The van der Waals surface area contributed by atoms with Gasteiger partial charge in [0.15, 0.2) is 6.10 Å². The summed E-state index contributed by atoms with van der Waals surface area (Å²) in [5, 5.41) is 42.0. The fraction of sp³-hybridized carbons (Fsp3) is 0.455. The summed E-state index contributed by atoms with van der Waals surface area (Å²) in [6.07, 6.45) is -3.69. The lowest BCUT2D eigenvalue weighted by Gasteiger charge is -2.39. The maximum Gasteiger partial charge on any atom is 0.232 e. The van der Waals surface area contributed by atoms with Gasteiger partial charge in [0.25, 0.3) is 0 Å². The van der Waals surface area contributed by atoms with E-state index in [9.17, 15) is 25.4 Å². The van der Waals surface area contributed by atoms with E-state index in [0.717, 1.165) is 11.1 Å². The quantitative estimate of drug-likeness (QED) is 0.476. The number of benzene rings is 2. The van der Waals surface area contributed by atoms with Crippen molar-refractivity contribution in [3.63, 3.8) is 0 Å². The summed E-state index contributed by atoms with van der Waals surface area (Å²) in [4.78, 5) is 10.3. The molecule has 1 saturated heterocycles. The van der Waals surface area contributed by atoms with Crippen LogP contribution in [0, 0.1) is 10.1 Å². The van der Waals surface area contributed by atoms with Gasteiger partial charge in [-0.2, -0.15) is 0 Å². The molecule has 1 aliphatic carbocycles. The summed E-state index contributed by atoms with van der Waals surface area (Å²) >= 11 is 6.38. The Bertz CT molecular complexity index is 916. The van der Waals surface area contributed by atoms with Crippen molar-refractivity contribution in [1.29, 1.82) is 0 Å². The normalized spacial score (nSPS) is 29.0. The maximum atomic E-state index is 10.9. The number of nitro groups is 1. The predicted molar refractivity (Wildman–Crippen MR) is 110 cm³/mol. The molecule has 2 fully saturated rings. The molecule has 1 unspecified atom stereocenters. The number of hydrogen-bond donors (Lipinski definition) is 3. The molecule has 30 heavy (non-hydrogen) atoms. The minimum absolute atomic E-state index is 0.538. The molecule has 0 amide bonds. The highest BCUT2D eigenvalue weighted by molar-refractivity contribution is 6.31. The molecule has 2 aromatic rings. The van der Waals surface area contributed by atoms with E-state index in [1.165, 1.54) is 18.4 Å². The second-order valence-electron chi connectivity index (χ2n) is 8.13. The van der Waals surface area contributed by atoms with Gasteiger partial charge in [0, 0.05) is 9.95 Å². The second-order valence-corrected chi connectivity index (χ2v) is 8.53. The average Bonchev–Trinajstić information content (AvgIpc) is 3.56. The molecule has 1 heterocycles. The Morgan fingerprint density at radius 3 is 2.30 bits per heavy atom. The molecule has 2 aliphatic rings. The Hall–Kier alpha value is -2.03. The number of rotatable bonds is 6. The van der Waals surface area contributed by atoms with Crippen molar-refractivity contribution < 1.29 is 25.0 Å². The summed E-state index contributed by atoms with van der Waals surface area (Å²) in [6.45, 7) is -0.671. The van der Waals surface area contributed by atoms with Gasteiger partial charge < -0.3 is 20.1 Å². The van der Waals surface area contributed by atoms with Crippen LogP contribution >= 0.6 is 11.6 Å². The molecule has 160 valence electrons. The summed E-state index contributed by atoms with van der Waals surface area (Å²) in [7, 11) is 0. The van der Waals surface area contributed by atoms with E-state index in [1.807, 2.05) is 0 Å². The molecule has 3 N–H and O–H groups in total. The topological polar surface area (TPSA) is 113 Å². The van der Waals surface area contributed by atoms with Crippen LogP contribution in [0.15, 0.2) is 42.5 Å². The molecule has 0 aromatic heterocycles. The number of aliphatic hydroxyl groups is 3. The lowest BCUT2D eigenvalue weighted by molar-refractivity contribution is -0.499. The van der Waals surface area contributed by atoms with Crippen molar-refractivity contribution in [2.45, 2.75) is 55.7 Å². The van der Waals surface area contributed by atoms with Crippen LogP contribution in [-0.2, 0) is 11.2 Å². The molecule has 1 aliphatic heterocycles. The highest BCUT2D eigenvalue weighted by atomic mass is 35.5. The van der Waals surface area contributed by atoms with Crippen molar-refractivity contribution in [2.24, 2.45) is 0 Å². The lowest BCUT2D eigenvalue weighted by Crippen LogP contribution is -2.56. The Kier molecular flexibility index (Phi) is 6.09. The van der Waals surface area contributed by atoms with Gasteiger partial charge in [-0.3, -0.25) is 10.1 Å². The van der Waals surface area contributed by atoms with Gasteiger partial charge in [-0.05, 0) is 53.5 Å². The summed E-state index contributed by atoms with van der Waals surface area (Å²) < 4.78 is 5.63. The number of nitrogens with zero attached hydrogens (tertiary/aromatic N) is 1. The van der Waals surface area contributed by atoms with E-state index in [2.05, 4.69) is 24.3 Å². The molecule has 7 nitrogen and oxygen atoms in total. The van der Waals surface area contributed by atoms with Gasteiger partial charge in [0.05, 0.1) is 0 Å². The second kappa shape index (κ2) is 8.61. The minimum atomic E-state index is -1.55. The molecular weight excluding hydrogens is 410 g/mol. The van der Waals surface area contributed by atoms with Crippen molar-refractivity contribution >= 4 is 11.6 Å². The first-order chi connectivity index (χ1) is 14.3. The zero-order valence-corrected chi connectivity index (χ0v) is 17.0. The van der Waals surface area contributed by atoms with Crippen LogP contribution in [0.4, 0.5) is 0 Å². The largest absolute Gasteiger partial charge is 0.387 e. The predicted octanol–water partition coefficient (Wildman–Crippen LogP) is 2.61. The van der Waals surface area contributed by atoms with E-state index < -0.39 is 42.0 Å². The van der Waals surface area contributed by atoms with Crippen molar-refractivity contribution in [1.82, 2.24) is 0 Å². The number of hydrogen-bond acceptors (Lipinski definition) is 6. The first kappa shape index (κ1) is 21.2. The Morgan fingerprint density at radius 2 is 1.67 bits per heavy atom. The molecule has 0 radical (unpaired) electrons. The Morgan fingerprint density at radius 1 is 1.00 bits per heavy atom. The van der Waals surface area contributed by atoms with Crippen LogP contribution in [0.2, 0.25) is 5.02 Å². The number of aliphatic hydroxyl groups excluding tert-OH is 3. The highest BCUT2D eigenvalue weighted by Crippen LogP contribution is 2.40. The third kappa shape index (κ3) is 4.50. The first-order valence-electron chi connectivity index (χ1n) is 10.0. The molecule has 2 aromatic carbocycles. The van der Waals surface area contributed by atoms with E-state index in [1.54, 1.807) is 18.2 Å². The van der Waals surface area contributed by atoms with E-state index >= 15 is 0 Å². The minimum Gasteiger partial charge on any atom is -0.387 e. The standard InChI is InChI=1S/C22H24ClNO6/c23-17-8-7-15(22-21(27)20(26)19(25)18(30-22)11-24(28)29)10-16(17)9-12-1-3-13(4-2-12)14-5-6-14/h1-4,7-8,10,14,18-22,25-27H,5-6,9,11H2/t18-,19-,20?,21-,22+/m1/s1. The molecule has 0 spiro atoms. The lowest BCUT2D eigenvalue weighted by atomic mass is 9.90. The zero-order valence-electron chi connectivity index (χ0n) is 16.2. The van der Waals surface area contributed by atoms with Gasteiger partial charge in [-0.25, -0.2) is 0 Å². The number of halogens is 1. The van der Waals surface area contributed by atoms with Gasteiger partial charge >= 0.3 is 0 Å². The fourth-order valence-electron chi connectivity index (χ4n) is 3.98. The van der Waals surface area contributed by atoms with Crippen LogP contribution < -0.4 is 0 Å². The van der Waals surface area contributed by atoms with Crippen LogP contribution in [0.25, 0.3) is 0 Å². The van der Waals surface area contributed by atoms with Gasteiger partial charge in [0.1, 0.15) is 24.4 Å². The Labute approximate surface area is 179 Å². The van der Waals surface area contributed by atoms with Crippen molar-refractivity contribution in [3.8, 4) is 0 Å². The number of ether oxygens (including phenoxy) is 1. The molecule has 4 rings (SSSR count). The first-order valence-corrected chi connectivity index (χ1v) is 10.4. The molecular formula is C22H24ClNO6. The van der Waals surface area contributed by atoms with Crippen LogP contribution in [0.1, 0.15) is 47.1 Å². The van der Waals surface area contributed by atoms with Gasteiger partial charge in [-0.15, -0.1) is 0 Å². The van der Waals surface area contributed by atoms with E-state index in [4.69, 9.17) is 16.3 Å². The van der Waals surface area contributed by atoms with Crippen LogP contribution in [0.3, 0.4) is 0 Å². The van der Waals surface area contributed by atoms with Crippen molar-refractivity contribution in [3.05, 3.63) is 79.9 Å². The smallest absolute Gasteiger partial charge is 0.232 e. The molecule has 1 saturated carbocycles. The zero-order chi connectivity index (χ0) is 21.4. The monoisotopic (exact) mass is 433 g/mol. The molecule has 0 bridgehead atoms. The third-order valence-corrected chi connectivity index (χ3v) is 6.23. The fourth-order valence-corrected chi connectivity index (χ4v) is 4.16.